The first-order valence-electron chi connectivity index (χ1n) is 3.81. The van der Waals surface area contributed by atoms with Gasteiger partial charge < -0.3 is 14.8 Å². The van der Waals surface area contributed by atoms with Crippen molar-refractivity contribution in [3.8, 4) is 11.8 Å². The van der Waals surface area contributed by atoms with Crippen LogP contribution < -0.4 is 5.32 Å². The molecule has 1 aromatic rings. The summed E-state index contributed by atoms with van der Waals surface area (Å²) in [5.41, 5.74) is 0. The Morgan fingerprint density at radius 2 is 2.50 bits per heavy atom. The molecule has 2 N–H and O–H groups in total. The van der Waals surface area contributed by atoms with Crippen molar-refractivity contribution >= 4 is 27.8 Å². The first-order valence-corrected chi connectivity index (χ1v) is 4.60. The monoisotopic (exact) mass is 257 g/mol. The predicted molar refractivity (Wildman–Crippen MR) is 55.3 cm³/mol. The van der Waals surface area contributed by atoms with E-state index < -0.39 is 5.97 Å². The fourth-order valence-corrected chi connectivity index (χ4v) is 1.24. The number of carboxylic acid groups (broad SMARTS) is 1. The third kappa shape index (κ3) is 2.54. The minimum Gasteiger partial charge on any atom is -0.475 e. The molecule has 1 aromatic heterocycles. The van der Waals surface area contributed by atoms with Crippen LogP contribution in [0.25, 0.3) is 0 Å². The van der Waals surface area contributed by atoms with Crippen molar-refractivity contribution in [2.75, 3.05) is 11.9 Å². The van der Waals surface area contributed by atoms with Crippen LogP contribution in [-0.2, 0) is 0 Å². The molecule has 0 aliphatic carbocycles. The van der Waals surface area contributed by atoms with Gasteiger partial charge in [-0.3, -0.25) is 0 Å². The van der Waals surface area contributed by atoms with Gasteiger partial charge in [0.25, 0.3) is 0 Å². The van der Waals surface area contributed by atoms with E-state index in [1.807, 2.05) is 0 Å². The molecular formula is C9H8BrNO3. The van der Waals surface area contributed by atoms with E-state index in [-0.39, 0.29) is 5.76 Å². The van der Waals surface area contributed by atoms with E-state index >= 15 is 0 Å². The van der Waals surface area contributed by atoms with E-state index in [0.29, 0.717) is 16.9 Å². The summed E-state index contributed by atoms with van der Waals surface area (Å²) in [7, 11) is 0. The van der Waals surface area contributed by atoms with E-state index in [4.69, 9.17) is 9.52 Å². The molecule has 0 amide bonds. The average molecular weight is 258 g/mol. The van der Waals surface area contributed by atoms with Crippen LogP contribution in [0.4, 0.5) is 5.88 Å². The van der Waals surface area contributed by atoms with E-state index in [0.717, 1.165) is 0 Å². The van der Waals surface area contributed by atoms with E-state index in [9.17, 15) is 4.79 Å². The fraction of sp³-hybridized carbons (Fsp3) is 0.222. The van der Waals surface area contributed by atoms with Crippen LogP contribution in [0.2, 0.25) is 0 Å². The van der Waals surface area contributed by atoms with Crippen LogP contribution in [0.5, 0.6) is 0 Å². The Labute approximate surface area is 89.4 Å². The SMILES string of the molecule is CC#CCNc1oc(C(=O)O)cc1Br. The van der Waals surface area contributed by atoms with Gasteiger partial charge >= 0.3 is 5.97 Å². The van der Waals surface area contributed by atoms with Gasteiger partial charge in [-0.2, -0.15) is 0 Å². The van der Waals surface area contributed by atoms with Crippen LogP contribution in [0, 0.1) is 11.8 Å². The maximum Gasteiger partial charge on any atom is 0.371 e. The molecule has 5 heteroatoms. The lowest BCUT2D eigenvalue weighted by atomic mass is 10.4. The summed E-state index contributed by atoms with van der Waals surface area (Å²) in [6, 6.07) is 1.39. The molecule has 0 aliphatic rings. The summed E-state index contributed by atoms with van der Waals surface area (Å²) in [5, 5.41) is 11.5. The number of hydrogen-bond acceptors (Lipinski definition) is 3. The average Bonchev–Trinajstić information content (AvgIpc) is 2.49. The zero-order chi connectivity index (χ0) is 10.6. The van der Waals surface area contributed by atoms with Crippen LogP contribution >= 0.6 is 15.9 Å². The second-order valence-electron chi connectivity index (χ2n) is 2.37. The molecule has 0 radical (unpaired) electrons. The second-order valence-corrected chi connectivity index (χ2v) is 3.23. The summed E-state index contributed by atoms with van der Waals surface area (Å²) >= 11 is 3.17. The first-order chi connectivity index (χ1) is 6.65. The van der Waals surface area contributed by atoms with Gasteiger partial charge in [-0.15, -0.1) is 5.92 Å². The maximum atomic E-state index is 10.5. The lowest BCUT2D eigenvalue weighted by Crippen LogP contribution is -1.97. The molecule has 0 spiro atoms. The molecule has 14 heavy (non-hydrogen) atoms. The summed E-state index contributed by atoms with van der Waals surface area (Å²) in [6.07, 6.45) is 0. The summed E-state index contributed by atoms with van der Waals surface area (Å²) in [6.45, 7) is 2.14. The highest BCUT2D eigenvalue weighted by Crippen LogP contribution is 2.26. The summed E-state index contributed by atoms with van der Waals surface area (Å²) < 4.78 is 5.57. The number of carbonyl (C=O) groups is 1. The number of aromatic carboxylic acids is 1. The van der Waals surface area contributed by atoms with E-state index in [2.05, 4.69) is 33.1 Å². The Morgan fingerprint density at radius 3 is 3.00 bits per heavy atom. The van der Waals surface area contributed by atoms with Gasteiger partial charge in [0.15, 0.2) is 0 Å². The van der Waals surface area contributed by atoms with Gasteiger partial charge in [0, 0.05) is 6.07 Å². The molecule has 4 nitrogen and oxygen atoms in total. The summed E-state index contributed by atoms with van der Waals surface area (Å²) in [5.74, 6) is 4.65. The zero-order valence-electron chi connectivity index (χ0n) is 7.43. The van der Waals surface area contributed by atoms with Gasteiger partial charge in [0.2, 0.25) is 11.6 Å². The van der Waals surface area contributed by atoms with Crippen LogP contribution in [-0.4, -0.2) is 17.6 Å². The molecule has 1 rings (SSSR count). The normalized spacial score (nSPS) is 9.00. The van der Waals surface area contributed by atoms with Crippen LogP contribution in [0.3, 0.4) is 0 Å². The number of carboxylic acids is 1. The number of rotatable bonds is 3. The molecule has 0 aromatic carbocycles. The Balaban J connectivity index is 2.75. The van der Waals surface area contributed by atoms with Gasteiger partial charge in [-0.25, -0.2) is 4.79 Å². The highest BCUT2D eigenvalue weighted by Gasteiger charge is 2.13. The number of furan rings is 1. The number of hydrogen-bond donors (Lipinski definition) is 2. The predicted octanol–water partition coefficient (Wildman–Crippen LogP) is 2.18. The fourth-order valence-electron chi connectivity index (χ4n) is 0.808. The molecule has 0 bridgehead atoms. The van der Waals surface area contributed by atoms with Crippen molar-refractivity contribution in [1.82, 2.24) is 0 Å². The van der Waals surface area contributed by atoms with Gasteiger partial charge in [-0.1, -0.05) is 5.92 Å². The van der Waals surface area contributed by atoms with Crippen molar-refractivity contribution in [2.45, 2.75) is 6.92 Å². The number of nitrogens with one attached hydrogen (secondary N) is 1. The first kappa shape index (κ1) is 10.7. The van der Waals surface area contributed by atoms with E-state index in [1.54, 1.807) is 6.92 Å². The Morgan fingerprint density at radius 1 is 1.79 bits per heavy atom. The Bertz CT molecular complexity index is 400. The third-order valence-corrected chi connectivity index (χ3v) is 2.00. The molecule has 0 saturated carbocycles. The summed E-state index contributed by atoms with van der Waals surface area (Å²) in [4.78, 5) is 10.5. The van der Waals surface area contributed by atoms with Crippen molar-refractivity contribution in [3.63, 3.8) is 0 Å². The van der Waals surface area contributed by atoms with Crippen molar-refractivity contribution < 1.29 is 14.3 Å². The topological polar surface area (TPSA) is 62.5 Å². The molecule has 0 unspecified atom stereocenters. The minimum absolute atomic E-state index is 0.108. The molecule has 1 heterocycles. The van der Waals surface area contributed by atoms with Crippen LogP contribution in [0.15, 0.2) is 15.0 Å². The highest BCUT2D eigenvalue weighted by atomic mass is 79.9. The minimum atomic E-state index is -1.10. The molecule has 0 aliphatic heterocycles. The third-order valence-electron chi connectivity index (χ3n) is 1.41. The smallest absolute Gasteiger partial charge is 0.371 e. The van der Waals surface area contributed by atoms with Crippen LogP contribution in [0.1, 0.15) is 17.5 Å². The second kappa shape index (κ2) is 4.72. The molecule has 0 atom stereocenters. The lowest BCUT2D eigenvalue weighted by molar-refractivity contribution is 0.0663. The lowest BCUT2D eigenvalue weighted by Gasteiger charge is -1.96. The van der Waals surface area contributed by atoms with Gasteiger partial charge in [0.05, 0.1) is 11.0 Å². The molecule has 74 valence electrons. The standard InChI is InChI=1S/C9H8BrNO3/c1-2-3-4-11-8-6(10)5-7(14-8)9(12)13/h5,11H,4H2,1H3,(H,12,13). The van der Waals surface area contributed by atoms with E-state index in [1.165, 1.54) is 6.07 Å². The van der Waals surface area contributed by atoms with Gasteiger partial charge in [0.1, 0.15) is 0 Å². The maximum absolute atomic E-state index is 10.5. The number of halogens is 1. The molecule has 0 fully saturated rings. The number of anilines is 1. The zero-order valence-corrected chi connectivity index (χ0v) is 9.01. The Hall–Kier alpha value is -1.41. The quantitative estimate of drug-likeness (QED) is 0.815. The largest absolute Gasteiger partial charge is 0.475 e. The molecular weight excluding hydrogens is 250 g/mol. The van der Waals surface area contributed by atoms with Gasteiger partial charge in [-0.05, 0) is 22.9 Å². The van der Waals surface area contributed by atoms with Crippen molar-refractivity contribution in [3.05, 3.63) is 16.3 Å². The van der Waals surface area contributed by atoms with Crippen molar-refractivity contribution in [2.24, 2.45) is 0 Å². The Kier molecular flexibility index (Phi) is 3.60. The highest BCUT2D eigenvalue weighted by molar-refractivity contribution is 9.10. The molecule has 0 saturated heterocycles. The van der Waals surface area contributed by atoms with Crippen molar-refractivity contribution in [1.29, 1.82) is 0 Å².